The number of ketones is 1. The summed E-state index contributed by atoms with van der Waals surface area (Å²) in [6, 6.07) is 2.89. The number of aromatic nitrogens is 1. The van der Waals surface area contributed by atoms with Gasteiger partial charge in [0.2, 0.25) is 0 Å². The van der Waals surface area contributed by atoms with Crippen molar-refractivity contribution < 1.29 is 28.2 Å². The molecule has 1 amide bonds. The molecule has 2 rings (SSSR count). The molecule has 164 valence electrons. The van der Waals surface area contributed by atoms with Crippen LogP contribution in [0.15, 0.2) is 24.4 Å². The molecule has 0 aliphatic rings. The van der Waals surface area contributed by atoms with Crippen molar-refractivity contribution in [2.45, 2.75) is 65.7 Å². The molecule has 0 fully saturated rings. The largest absolute Gasteiger partial charge is 0.444 e. The van der Waals surface area contributed by atoms with E-state index >= 15 is 0 Å². The van der Waals surface area contributed by atoms with Crippen molar-refractivity contribution in [3.8, 4) is 0 Å². The number of carbonyl (C=O) groups is 3. The SMILES string of the molecule is C[C@@H](C(=O)c1cn(C(=O)OC(C)(C)C)c2ccc(F)cc12)N(C)C(=O)OC(C)(C)C. The molecule has 1 heterocycles. The minimum atomic E-state index is -0.902. The van der Waals surface area contributed by atoms with Crippen LogP contribution in [0.3, 0.4) is 0 Å². The smallest absolute Gasteiger partial charge is 0.419 e. The van der Waals surface area contributed by atoms with Crippen molar-refractivity contribution in [1.82, 2.24) is 9.47 Å². The van der Waals surface area contributed by atoms with E-state index in [0.29, 0.717) is 5.52 Å². The van der Waals surface area contributed by atoms with Gasteiger partial charge in [-0.15, -0.1) is 0 Å². The number of hydrogen-bond acceptors (Lipinski definition) is 5. The maximum absolute atomic E-state index is 13.9. The van der Waals surface area contributed by atoms with Crippen LogP contribution in [-0.2, 0) is 9.47 Å². The van der Waals surface area contributed by atoms with Gasteiger partial charge in [0.25, 0.3) is 0 Å². The van der Waals surface area contributed by atoms with Gasteiger partial charge in [0.1, 0.15) is 17.0 Å². The van der Waals surface area contributed by atoms with Crippen molar-refractivity contribution in [2.24, 2.45) is 0 Å². The Bertz CT molecular complexity index is 982. The number of benzene rings is 1. The number of Topliss-reactive ketones (excluding diaryl/α,β-unsaturated/α-hetero) is 1. The number of carbonyl (C=O) groups excluding carboxylic acids is 3. The minimum Gasteiger partial charge on any atom is -0.444 e. The van der Waals surface area contributed by atoms with Crippen LogP contribution in [0.25, 0.3) is 10.9 Å². The van der Waals surface area contributed by atoms with Crippen LogP contribution in [0.1, 0.15) is 58.8 Å². The second kappa shape index (κ2) is 8.08. The maximum Gasteiger partial charge on any atom is 0.419 e. The average Bonchev–Trinajstić information content (AvgIpc) is 2.95. The van der Waals surface area contributed by atoms with Gasteiger partial charge in [-0.1, -0.05) is 0 Å². The molecule has 7 nitrogen and oxygen atoms in total. The van der Waals surface area contributed by atoms with E-state index in [0.717, 1.165) is 0 Å². The Morgan fingerprint density at radius 3 is 2.13 bits per heavy atom. The molecule has 0 aliphatic heterocycles. The van der Waals surface area contributed by atoms with Crippen LogP contribution in [0, 0.1) is 5.82 Å². The predicted molar refractivity (Wildman–Crippen MR) is 111 cm³/mol. The molecule has 0 radical (unpaired) electrons. The Kier molecular flexibility index (Phi) is 6.30. The fourth-order valence-electron chi connectivity index (χ4n) is 2.75. The van der Waals surface area contributed by atoms with E-state index in [-0.39, 0.29) is 10.9 Å². The molecule has 1 atom stereocenters. The Labute approximate surface area is 175 Å². The highest BCUT2D eigenvalue weighted by Gasteiger charge is 2.30. The number of ether oxygens (including phenoxy) is 2. The standard InChI is InChI=1S/C22H29FN2O5/c1-13(24(8)19(27)29-21(2,3)4)18(26)16-12-25(20(28)30-22(5,6)7)17-10-9-14(23)11-15(16)17/h9-13H,1-8H3/t13-/m0/s1. The van der Waals surface area contributed by atoms with E-state index < -0.39 is 41.0 Å². The lowest BCUT2D eigenvalue weighted by Gasteiger charge is -2.28. The lowest BCUT2D eigenvalue weighted by Crippen LogP contribution is -2.43. The van der Waals surface area contributed by atoms with E-state index in [4.69, 9.17) is 9.47 Å². The summed E-state index contributed by atoms with van der Waals surface area (Å²) in [7, 11) is 1.45. The summed E-state index contributed by atoms with van der Waals surface area (Å²) in [6.07, 6.45) is -0.0309. The number of amides is 1. The van der Waals surface area contributed by atoms with Crippen molar-refractivity contribution in [3.05, 3.63) is 35.8 Å². The molecule has 0 unspecified atom stereocenters. The third-order valence-electron chi connectivity index (χ3n) is 4.26. The second-order valence-corrected chi connectivity index (χ2v) is 9.19. The van der Waals surface area contributed by atoms with Gasteiger partial charge in [-0.3, -0.25) is 9.36 Å². The summed E-state index contributed by atoms with van der Waals surface area (Å²) in [5, 5.41) is 0.260. The van der Waals surface area contributed by atoms with Gasteiger partial charge in [-0.05, 0) is 66.7 Å². The number of nitrogens with zero attached hydrogens (tertiary/aromatic N) is 2. The van der Waals surface area contributed by atoms with E-state index in [2.05, 4.69) is 0 Å². The number of halogens is 1. The van der Waals surface area contributed by atoms with Crippen molar-refractivity contribution in [1.29, 1.82) is 0 Å². The minimum absolute atomic E-state index is 0.110. The quantitative estimate of drug-likeness (QED) is 0.653. The Hall–Kier alpha value is -2.90. The lowest BCUT2D eigenvalue weighted by atomic mass is 10.0. The molecule has 0 saturated carbocycles. The normalized spacial score (nSPS) is 13.1. The summed E-state index contributed by atoms with van der Waals surface area (Å²) >= 11 is 0. The van der Waals surface area contributed by atoms with Gasteiger partial charge < -0.3 is 14.4 Å². The van der Waals surface area contributed by atoms with Gasteiger partial charge in [-0.2, -0.15) is 0 Å². The monoisotopic (exact) mass is 420 g/mol. The molecule has 2 aromatic rings. The first-order valence-corrected chi connectivity index (χ1v) is 9.65. The second-order valence-electron chi connectivity index (χ2n) is 9.19. The van der Waals surface area contributed by atoms with Crippen LogP contribution >= 0.6 is 0 Å². The highest BCUT2D eigenvalue weighted by molar-refractivity contribution is 6.12. The van der Waals surface area contributed by atoms with Crippen LogP contribution < -0.4 is 0 Å². The summed E-state index contributed by atoms with van der Waals surface area (Å²) in [4.78, 5) is 39.3. The zero-order valence-electron chi connectivity index (χ0n) is 18.7. The average molecular weight is 420 g/mol. The summed E-state index contributed by atoms with van der Waals surface area (Å²) in [5.74, 6) is -1.01. The molecule has 8 heteroatoms. The van der Waals surface area contributed by atoms with Crippen molar-refractivity contribution >= 4 is 28.9 Å². The fourth-order valence-corrected chi connectivity index (χ4v) is 2.75. The number of fused-ring (bicyclic) bond motifs is 1. The molecule has 1 aromatic heterocycles. The first kappa shape index (κ1) is 23.4. The molecule has 0 bridgehead atoms. The van der Waals surface area contributed by atoms with Crippen LogP contribution in [0.4, 0.5) is 14.0 Å². The van der Waals surface area contributed by atoms with Gasteiger partial charge in [0.15, 0.2) is 5.78 Å². The zero-order chi connectivity index (χ0) is 23.0. The summed E-state index contributed by atoms with van der Waals surface area (Å²) in [6.45, 7) is 11.9. The maximum atomic E-state index is 13.9. The Morgan fingerprint density at radius 1 is 1.03 bits per heavy atom. The first-order valence-electron chi connectivity index (χ1n) is 9.65. The number of likely N-dealkylation sites (N-methyl/N-ethyl adjacent to an activating group) is 1. The number of hydrogen-bond donors (Lipinski definition) is 0. The topological polar surface area (TPSA) is 77.8 Å². The molecule has 0 N–H and O–H groups in total. The lowest BCUT2D eigenvalue weighted by molar-refractivity contribution is 0.0231. The highest BCUT2D eigenvalue weighted by Crippen LogP contribution is 2.26. The van der Waals surface area contributed by atoms with Crippen LogP contribution in [0.5, 0.6) is 0 Å². The molecule has 30 heavy (non-hydrogen) atoms. The molecule has 0 aliphatic carbocycles. The van der Waals surface area contributed by atoms with Gasteiger partial charge in [0.05, 0.1) is 11.6 Å². The fraction of sp³-hybridized carbons (Fsp3) is 0.500. The zero-order valence-corrected chi connectivity index (χ0v) is 18.7. The highest BCUT2D eigenvalue weighted by atomic mass is 19.1. The first-order chi connectivity index (χ1) is 13.6. The Morgan fingerprint density at radius 2 is 1.60 bits per heavy atom. The van der Waals surface area contributed by atoms with E-state index in [1.165, 1.54) is 40.9 Å². The third-order valence-corrected chi connectivity index (χ3v) is 4.26. The summed E-state index contributed by atoms with van der Waals surface area (Å²) in [5.41, 5.74) is -1.02. The number of rotatable bonds is 3. The van der Waals surface area contributed by atoms with Gasteiger partial charge in [-0.25, -0.2) is 14.0 Å². The molecule has 1 aromatic carbocycles. The van der Waals surface area contributed by atoms with E-state index in [1.807, 2.05) is 0 Å². The molecule has 0 saturated heterocycles. The third kappa shape index (κ3) is 5.37. The van der Waals surface area contributed by atoms with Crippen molar-refractivity contribution in [3.63, 3.8) is 0 Å². The van der Waals surface area contributed by atoms with Gasteiger partial charge in [0, 0.05) is 24.2 Å². The van der Waals surface area contributed by atoms with Gasteiger partial charge >= 0.3 is 12.2 Å². The molecular formula is C22H29FN2O5. The molecule has 0 spiro atoms. The summed E-state index contributed by atoms with van der Waals surface area (Å²) < 4.78 is 25.8. The van der Waals surface area contributed by atoms with Crippen molar-refractivity contribution in [2.75, 3.05) is 7.05 Å². The van der Waals surface area contributed by atoms with Crippen LogP contribution in [-0.4, -0.2) is 51.7 Å². The van der Waals surface area contributed by atoms with E-state index in [9.17, 15) is 18.8 Å². The predicted octanol–water partition coefficient (Wildman–Crippen LogP) is 5.00. The Balaban J connectivity index is 2.45. The van der Waals surface area contributed by atoms with E-state index in [1.54, 1.807) is 48.5 Å². The molecular weight excluding hydrogens is 391 g/mol. The van der Waals surface area contributed by atoms with Crippen LogP contribution in [0.2, 0.25) is 0 Å².